The summed E-state index contributed by atoms with van der Waals surface area (Å²) < 4.78 is 6.23. The summed E-state index contributed by atoms with van der Waals surface area (Å²) in [5, 5.41) is 3.96. The Kier molecular flexibility index (Phi) is 4.03. The maximum Gasteiger partial charge on any atom is 0.379 e. The molecule has 0 atom stereocenters. The third-order valence-corrected chi connectivity index (χ3v) is 1.81. The van der Waals surface area contributed by atoms with Gasteiger partial charge >= 0.3 is 5.97 Å². The largest absolute Gasteiger partial charge is 0.460 e. The van der Waals surface area contributed by atoms with Gasteiger partial charge in [-0.25, -0.2) is 4.79 Å². The third kappa shape index (κ3) is 2.90. The topological polar surface area (TPSA) is 61.2 Å². The molecule has 0 fully saturated rings. The highest BCUT2D eigenvalue weighted by molar-refractivity contribution is 6.40. The van der Waals surface area contributed by atoms with Crippen molar-refractivity contribution >= 4 is 11.8 Å². The Morgan fingerprint density at radius 2 is 2.20 bits per heavy atom. The van der Waals surface area contributed by atoms with E-state index in [1.165, 1.54) is 6.20 Å². The summed E-state index contributed by atoms with van der Waals surface area (Å²) in [6.07, 6.45) is 3.87. The molecule has 82 valence electrons. The number of carbonyl (C=O) groups excluding carboxylic acids is 2. The molecule has 0 bridgehead atoms. The van der Waals surface area contributed by atoms with Gasteiger partial charge in [-0.05, 0) is 13.3 Å². The fraction of sp³-hybridized carbons (Fsp3) is 0.500. The molecular formula is C10H14N2O3. The summed E-state index contributed by atoms with van der Waals surface area (Å²) in [5.41, 5.74) is 0.280. The number of ether oxygens (including phenoxy) is 1. The van der Waals surface area contributed by atoms with Gasteiger partial charge in [0.05, 0.1) is 18.4 Å². The molecule has 5 nitrogen and oxygen atoms in total. The average Bonchev–Trinajstić information content (AvgIpc) is 2.66. The zero-order valence-electron chi connectivity index (χ0n) is 8.90. The van der Waals surface area contributed by atoms with Crippen LogP contribution in [0.5, 0.6) is 0 Å². The van der Waals surface area contributed by atoms with E-state index in [1.54, 1.807) is 17.8 Å². The minimum Gasteiger partial charge on any atom is -0.460 e. The Hall–Kier alpha value is -1.65. The van der Waals surface area contributed by atoms with Crippen molar-refractivity contribution in [3.63, 3.8) is 0 Å². The highest BCUT2D eigenvalue weighted by Crippen LogP contribution is 2.01. The van der Waals surface area contributed by atoms with Gasteiger partial charge in [-0.2, -0.15) is 5.10 Å². The molecular weight excluding hydrogens is 196 g/mol. The molecule has 0 unspecified atom stereocenters. The van der Waals surface area contributed by atoms with Crippen LogP contribution in [0.4, 0.5) is 0 Å². The van der Waals surface area contributed by atoms with Crippen molar-refractivity contribution in [1.29, 1.82) is 0 Å². The zero-order chi connectivity index (χ0) is 11.3. The van der Waals surface area contributed by atoms with Crippen LogP contribution in [-0.4, -0.2) is 28.1 Å². The van der Waals surface area contributed by atoms with E-state index in [0.29, 0.717) is 0 Å². The van der Waals surface area contributed by atoms with Crippen LogP contribution in [0.15, 0.2) is 12.4 Å². The summed E-state index contributed by atoms with van der Waals surface area (Å²) in [5.74, 6) is -1.47. The molecule has 0 saturated carbocycles. The maximum absolute atomic E-state index is 11.4. The van der Waals surface area contributed by atoms with Crippen molar-refractivity contribution in [1.82, 2.24) is 9.78 Å². The Bertz CT molecular complexity index is 357. The van der Waals surface area contributed by atoms with Gasteiger partial charge in [0.25, 0.3) is 5.78 Å². The number of hydrogen-bond donors (Lipinski definition) is 0. The maximum atomic E-state index is 11.4. The average molecular weight is 210 g/mol. The molecule has 0 saturated heterocycles. The molecule has 0 aliphatic carbocycles. The predicted molar refractivity (Wildman–Crippen MR) is 53.5 cm³/mol. The van der Waals surface area contributed by atoms with E-state index < -0.39 is 11.8 Å². The molecule has 1 rings (SSSR count). The molecule has 1 heterocycles. The molecule has 0 aromatic carbocycles. The summed E-state index contributed by atoms with van der Waals surface area (Å²) >= 11 is 0. The second-order valence-corrected chi connectivity index (χ2v) is 3.04. The zero-order valence-corrected chi connectivity index (χ0v) is 8.90. The van der Waals surface area contributed by atoms with Gasteiger partial charge in [0, 0.05) is 12.7 Å². The lowest BCUT2D eigenvalue weighted by Crippen LogP contribution is -2.16. The fourth-order valence-electron chi connectivity index (χ4n) is 1.15. The molecule has 0 radical (unpaired) electrons. The standard InChI is InChI=1S/C10H14N2O3/c1-3-5-12-7-8(6-11-12)9(13)10(14)15-4-2/h6-7H,3-5H2,1-2H3. The normalized spacial score (nSPS) is 10.0. The van der Waals surface area contributed by atoms with Crippen LogP contribution < -0.4 is 0 Å². The van der Waals surface area contributed by atoms with E-state index in [1.807, 2.05) is 6.92 Å². The summed E-state index contributed by atoms with van der Waals surface area (Å²) in [4.78, 5) is 22.5. The first-order chi connectivity index (χ1) is 7.19. The van der Waals surface area contributed by atoms with E-state index in [-0.39, 0.29) is 12.2 Å². The molecule has 15 heavy (non-hydrogen) atoms. The van der Waals surface area contributed by atoms with Crippen molar-refractivity contribution in [2.45, 2.75) is 26.8 Å². The smallest absolute Gasteiger partial charge is 0.379 e. The van der Waals surface area contributed by atoms with Crippen molar-refractivity contribution in [2.24, 2.45) is 0 Å². The van der Waals surface area contributed by atoms with Crippen LogP contribution in [0, 0.1) is 0 Å². The minimum absolute atomic E-state index is 0.202. The van der Waals surface area contributed by atoms with Crippen LogP contribution in [-0.2, 0) is 16.1 Å². The molecule has 1 aromatic heterocycles. The number of carbonyl (C=O) groups is 2. The van der Waals surface area contributed by atoms with Crippen LogP contribution in [0.2, 0.25) is 0 Å². The first-order valence-electron chi connectivity index (χ1n) is 4.93. The summed E-state index contributed by atoms with van der Waals surface area (Å²) in [7, 11) is 0. The first-order valence-corrected chi connectivity index (χ1v) is 4.93. The molecule has 5 heteroatoms. The number of Topliss-reactive ketones (excluding diaryl/α,β-unsaturated/α-hetero) is 1. The van der Waals surface area contributed by atoms with Crippen LogP contribution in [0.1, 0.15) is 30.6 Å². The lowest BCUT2D eigenvalue weighted by molar-refractivity contribution is -0.137. The number of hydrogen-bond acceptors (Lipinski definition) is 4. The van der Waals surface area contributed by atoms with E-state index >= 15 is 0 Å². The van der Waals surface area contributed by atoms with Gasteiger partial charge in [-0.1, -0.05) is 6.92 Å². The van der Waals surface area contributed by atoms with E-state index in [0.717, 1.165) is 13.0 Å². The Balaban J connectivity index is 2.69. The molecule has 0 spiro atoms. The van der Waals surface area contributed by atoms with Crippen molar-refractivity contribution in [2.75, 3.05) is 6.61 Å². The monoisotopic (exact) mass is 210 g/mol. The quantitative estimate of drug-likeness (QED) is 0.414. The minimum atomic E-state index is -0.825. The Morgan fingerprint density at radius 3 is 2.80 bits per heavy atom. The second kappa shape index (κ2) is 5.29. The first kappa shape index (κ1) is 11.4. The number of rotatable bonds is 5. The van der Waals surface area contributed by atoms with Crippen molar-refractivity contribution in [3.05, 3.63) is 18.0 Å². The molecule has 0 aliphatic heterocycles. The van der Waals surface area contributed by atoms with Gasteiger partial charge in [0.15, 0.2) is 0 Å². The summed E-state index contributed by atoms with van der Waals surface area (Å²) in [6.45, 7) is 4.60. The number of nitrogens with zero attached hydrogens (tertiary/aromatic N) is 2. The van der Waals surface area contributed by atoms with E-state index in [4.69, 9.17) is 0 Å². The number of esters is 1. The molecule has 0 N–H and O–H groups in total. The van der Waals surface area contributed by atoms with Gasteiger partial charge in [0.2, 0.25) is 0 Å². The number of aryl methyl sites for hydroxylation is 1. The Morgan fingerprint density at radius 1 is 1.47 bits per heavy atom. The Labute approximate surface area is 88.0 Å². The third-order valence-electron chi connectivity index (χ3n) is 1.81. The number of ketones is 1. The predicted octanol–water partition coefficient (Wildman–Crippen LogP) is 1.04. The molecule has 0 aliphatic rings. The lowest BCUT2D eigenvalue weighted by Gasteiger charge is -1.97. The highest BCUT2D eigenvalue weighted by atomic mass is 16.5. The lowest BCUT2D eigenvalue weighted by atomic mass is 10.2. The van der Waals surface area contributed by atoms with Crippen LogP contribution >= 0.6 is 0 Å². The van der Waals surface area contributed by atoms with Crippen LogP contribution in [0.25, 0.3) is 0 Å². The van der Waals surface area contributed by atoms with Crippen LogP contribution in [0.3, 0.4) is 0 Å². The van der Waals surface area contributed by atoms with E-state index in [9.17, 15) is 9.59 Å². The second-order valence-electron chi connectivity index (χ2n) is 3.04. The van der Waals surface area contributed by atoms with E-state index in [2.05, 4.69) is 9.84 Å². The number of aromatic nitrogens is 2. The fourth-order valence-corrected chi connectivity index (χ4v) is 1.15. The highest BCUT2D eigenvalue weighted by Gasteiger charge is 2.18. The SMILES string of the molecule is CCCn1cc(C(=O)C(=O)OCC)cn1. The van der Waals surface area contributed by atoms with Gasteiger partial charge in [0.1, 0.15) is 0 Å². The summed E-state index contributed by atoms with van der Waals surface area (Å²) in [6, 6.07) is 0. The van der Waals surface area contributed by atoms with Gasteiger partial charge < -0.3 is 4.74 Å². The molecule has 0 amide bonds. The van der Waals surface area contributed by atoms with Gasteiger partial charge in [-0.15, -0.1) is 0 Å². The molecule has 1 aromatic rings. The van der Waals surface area contributed by atoms with Crippen molar-refractivity contribution in [3.8, 4) is 0 Å². The van der Waals surface area contributed by atoms with Crippen molar-refractivity contribution < 1.29 is 14.3 Å². The van der Waals surface area contributed by atoms with Gasteiger partial charge in [-0.3, -0.25) is 9.48 Å².